The highest BCUT2D eigenvalue weighted by atomic mass is 16.5. The van der Waals surface area contributed by atoms with Crippen LogP contribution in [0.5, 0.6) is 0 Å². The summed E-state index contributed by atoms with van der Waals surface area (Å²) < 4.78 is 5.47. The Balaban J connectivity index is 1.84. The molecular weight excluding hydrogens is 308 g/mol. The summed E-state index contributed by atoms with van der Waals surface area (Å²) in [6.45, 7) is -0.601. The molecule has 0 bridgehead atoms. The summed E-state index contributed by atoms with van der Waals surface area (Å²) in [7, 11) is 0. The van der Waals surface area contributed by atoms with Crippen molar-refractivity contribution in [3.8, 4) is 0 Å². The van der Waals surface area contributed by atoms with E-state index < -0.39 is 49.3 Å². The second-order valence-corrected chi connectivity index (χ2v) is 5.37. The second-order valence-electron chi connectivity index (χ2n) is 5.37. The maximum Gasteiger partial charge on any atom is 0.179 e. The lowest BCUT2D eigenvalue weighted by Gasteiger charge is -2.41. The summed E-state index contributed by atoms with van der Waals surface area (Å²) in [5.41, 5.74) is 5.73. The molecule has 11 heteroatoms. The number of nitrogens with zero attached hydrogens (tertiary/aromatic N) is 4. The number of ether oxygens (including phenoxy) is 1. The lowest BCUT2D eigenvalue weighted by atomic mass is 9.93. The van der Waals surface area contributed by atoms with Crippen LogP contribution in [0.3, 0.4) is 0 Å². The maximum absolute atomic E-state index is 10.1. The molecule has 1 fully saturated rings. The SMILES string of the molecule is NC1C(O)C(O)C(/N=C2\N=CNC3=NC=NC32)OC1C(O)CO. The molecule has 11 nitrogen and oxygen atoms in total. The van der Waals surface area contributed by atoms with E-state index in [1.54, 1.807) is 0 Å². The highest BCUT2D eigenvalue weighted by molar-refractivity contribution is 6.21. The highest BCUT2D eigenvalue weighted by Crippen LogP contribution is 2.24. The fourth-order valence-corrected chi connectivity index (χ4v) is 2.56. The van der Waals surface area contributed by atoms with Crippen molar-refractivity contribution >= 4 is 24.3 Å². The predicted molar refractivity (Wildman–Crippen MR) is 80.5 cm³/mol. The lowest BCUT2D eigenvalue weighted by Crippen LogP contribution is -2.64. The van der Waals surface area contributed by atoms with Crippen molar-refractivity contribution in [1.29, 1.82) is 0 Å². The zero-order valence-electron chi connectivity index (χ0n) is 12.0. The Morgan fingerprint density at radius 3 is 2.91 bits per heavy atom. The molecule has 0 radical (unpaired) electrons. The zero-order valence-corrected chi connectivity index (χ0v) is 12.0. The predicted octanol–water partition coefficient (Wildman–Crippen LogP) is -4.05. The Morgan fingerprint density at radius 1 is 1.39 bits per heavy atom. The largest absolute Gasteiger partial charge is 0.394 e. The van der Waals surface area contributed by atoms with Gasteiger partial charge in [-0.3, -0.25) is 4.99 Å². The first kappa shape index (κ1) is 16.1. The van der Waals surface area contributed by atoms with Crippen LogP contribution < -0.4 is 11.1 Å². The van der Waals surface area contributed by atoms with Gasteiger partial charge < -0.3 is 36.2 Å². The lowest BCUT2D eigenvalue weighted by molar-refractivity contribution is -0.203. The van der Waals surface area contributed by atoms with Gasteiger partial charge in [-0.25, -0.2) is 15.0 Å². The second kappa shape index (κ2) is 6.39. The van der Waals surface area contributed by atoms with Gasteiger partial charge in [-0.1, -0.05) is 0 Å². The van der Waals surface area contributed by atoms with Crippen LogP contribution in [0.15, 0.2) is 20.0 Å². The number of aliphatic hydroxyl groups is 4. The molecular formula is C12H18N6O5. The molecule has 3 aliphatic rings. The van der Waals surface area contributed by atoms with Crippen LogP contribution in [0.4, 0.5) is 0 Å². The van der Waals surface area contributed by atoms with Gasteiger partial charge in [0.2, 0.25) is 0 Å². The molecule has 23 heavy (non-hydrogen) atoms. The van der Waals surface area contributed by atoms with Gasteiger partial charge in [-0.15, -0.1) is 0 Å². The molecule has 3 rings (SSSR count). The number of nitrogens with two attached hydrogens (primary N) is 1. The molecule has 0 amide bonds. The van der Waals surface area contributed by atoms with Crippen molar-refractivity contribution in [2.75, 3.05) is 6.61 Å². The van der Waals surface area contributed by atoms with Gasteiger partial charge in [-0.2, -0.15) is 0 Å². The molecule has 7 atom stereocenters. The first-order valence-electron chi connectivity index (χ1n) is 7.05. The molecule has 0 saturated carbocycles. The van der Waals surface area contributed by atoms with Gasteiger partial charge in [0.1, 0.15) is 36.6 Å². The zero-order chi connectivity index (χ0) is 16.6. The number of aliphatic imine (C=N–C) groups is 4. The van der Waals surface area contributed by atoms with Gasteiger partial charge in [-0.05, 0) is 0 Å². The van der Waals surface area contributed by atoms with E-state index in [1.165, 1.54) is 12.7 Å². The Kier molecular flexibility index (Phi) is 4.48. The van der Waals surface area contributed by atoms with Crippen LogP contribution in [0.25, 0.3) is 0 Å². The van der Waals surface area contributed by atoms with Crippen molar-refractivity contribution in [3.63, 3.8) is 0 Å². The van der Waals surface area contributed by atoms with E-state index in [0.717, 1.165) is 0 Å². The molecule has 0 aromatic rings. The summed E-state index contributed by atoms with van der Waals surface area (Å²) in [6.07, 6.45) is -3.66. The van der Waals surface area contributed by atoms with Crippen LogP contribution in [0.1, 0.15) is 0 Å². The number of hydrogen-bond acceptors (Lipinski definition) is 10. The third-order valence-corrected chi connectivity index (χ3v) is 3.86. The Labute approximate surface area is 130 Å². The minimum atomic E-state index is -1.41. The van der Waals surface area contributed by atoms with Crippen molar-refractivity contribution in [3.05, 3.63) is 0 Å². The van der Waals surface area contributed by atoms with Crippen LogP contribution >= 0.6 is 0 Å². The monoisotopic (exact) mass is 326 g/mol. The molecule has 0 aromatic heterocycles. The van der Waals surface area contributed by atoms with Gasteiger partial charge >= 0.3 is 0 Å². The summed E-state index contributed by atoms with van der Waals surface area (Å²) >= 11 is 0. The Bertz CT molecular complexity index is 578. The van der Waals surface area contributed by atoms with E-state index in [2.05, 4.69) is 25.3 Å². The van der Waals surface area contributed by atoms with Gasteiger partial charge in [0, 0.05) is 0 Å². The molecule has 3 heterocycles. The normalized spacial score (nSPS) is 42.3. The molecule has 0 aliphatic carbocycles. The summed E-state index contributed by atoms with van der Waals surface area (Å²) in [6, 6.07) is -1.61. The van der Waals surface area contributed by atoms with Gasteiger partial charge in [0.25, 0.3) is 0 Å². The van der Waals surface area contributed by atoms with Crippen LogP contribution in [-0.4, -0.2) is 94.1 Å². The van der Waals surface area contributed by atoms with E-state index >= 15 is 0 Å². The molecule has 0 aromatic carbocycles. The van der Waals surface area contributed by atoms with E-state index in [9.17, 15) is 15.3 Å². The van der Waals surface area contributed by atoms with Gasteiger partial charge in [0.15, 0.2) is 18.1 Å². The van der Waals surface area contributed by atoms with Crippen molar-refractivity contribution in [2.45, 2.75) is 42.7 Å². The molecule has 1 saturated heterocycles. The minimum absolute atomic E-state index is 0.236. The van der Waals surface area contributed by atoms with Crippen LogP contribution in [0.2, 0.25) is 0 Å². The molecule has 7 unspecified atom stereocenters. The minimum Gasteiger partial charge on any atom is -0.394 e. The van der Waals surface area contributed by atoms with Crippen LogP contribution in [0, 0.1) is 0 Å². The smallest absolute Gasteiger partial charge is 0.179 e. The average Bonchev–Trinajstić information content (AvgIpc) is 3.04. The van der Waals surface area contributed by atoms with Crippen molar-refractivity contribution in [2.24, 2.45) is 25.7 Å². The Morgan fingerprint density at radius 2 is 2.17 bits per heavy atom. The van der Waals surface area contributed by atoms with Crippen molar-refractivity contribution in [1.82, 2.24) is 5.32 Å². The van der Waals surface area contributed by atoms with Crippen LogP contribution in [-0.2, 0) is 4.74 Å². The molecule has 3 aliphatic heterocycles. The molecule has 126 valence electrons. The quantitative estimate of drug-likeness (QED) is 0.305. The third-order valence-electron chi connectivity index (χ3n) is 3.86. The average molecular weight is 326 g/mol. The van der Waals surface area contributed by atoms with E-state index in [-0.39, 0.29) is 5.84 Å². The third kappa shape index (κ3) is 2.89. The first-order valence-corrected chi connectivity index (χ1v) is 7.05. The summed E-state index contributed by atoms with van der Waals surface area (Å²) in [5, 5.41) is 41.8. The maximum atomic E-state index is 10.1. The molecule has 0 spiro atoms. The fraction of sp³-hybridized carbons (Fsp3) is 0.667. The number of nitrogens with one attached hydrogen (secondary N) is 1. The first-order chi connectivity index (χ1) is 11.0. The van der Waals surface area contributed by atoms with E-state index in [0.29, 0.717) is 5.84 Å². The van der Waals surface area contributed by atoms with E-state index in [4.69, 9.17) is 15.6 Å². The Hall–Kier alpha value is -1.76. The number of aliphatic hydroxyl groups excluding tert-OH is 4. The van der Waals surface area contributed by atoms with Gasteiger partial charge in [0.05, 0.1) is 19.0 Å². The number of hydrogen-bond donors (Lipinski definition) is 6. The summed E-state index contributed by atoms with van der Waals surface area (Å²) in [4.78, 5) is 16.3. The topological polar surface area (TPSA) is 178 Å². The summed E-state index contributed by atoms with van der Waals surface area (Å²) in [5.74, 6) is 0.772. The van der Waals surface area contributed by atoms with Crippen molar-refractivity contribution < 1.29 is 25.2 Å². The standard InChI is InChI=1S/C12H18N6O5/c13-5-7(21)8(22)12(23-9(5)4(20)1-19)18-11-6-10(15-2-14-6)16-3-17-11/h2-9,12,19-22H,1,13H2,(H,14,15,16,17,18). The number of rotatable bonds is 3. The fourth-order valence-electron chi connectivity index (χ4n) is 2.56. The number of fused-ring (bicyclic) bond motifs is 1. The number of amidine groups is 2. The highest BCUT2D eigenvalue weighted by Gasteiger charge is 2.45. The molecule has 7 N–H and O–H groups in total. The van der Waals surface area contributed by atoms with E-state index in [1.807, 2.05) is 0 Å².